The van der Waals surface area contributed by atoms with E-state index in [1.807, 2.05) is 19.1 Å². The van der Waals surface area contributed by atoms with E-state index in [4.69, 9.17) is 4.74 Å². The molecule has 1 heterocycles. The molecule has 0 saturated carbocycles. The van der Waals surface area contributed by atoms with Crippen LogP contribution in [0, 0.1) is 10.1 Å². The van der Waals surface area contributed by atoms with Gasteiger partial charge in [0.2, 0.25) is 11.8 Å². The normalized spacial score (nSPS) is 17.1. The van der Waals surface area contributed by atoms with Gasteiger partial charge in [0.05, 0.1) is 12.0 Å². The number of carbonyl (C=O) groups is 2. The van der Waals surface area contributed by atoms with Crippen molar-refractivity contribution in [1.29, 1.82) is 0 Å². The zero-order valence-electron chi connectivity index (χ0n) is 17.1. The molecule has 3 rings (SSSR count). The Hall–Kier alpha value is -3.40. The summed E-state index contributed by atoms with van der Waals surface area (Å²) in [5, 5.41) is 13.4. The highest BCUT2D eigenvalue weighted by Crippen LogP contribution is 2.34. The van der Waals surface area contributed by atoms with Crippen LogP contribution in [0.5, 0.6) is 5.75 Å². The van der Waals surface area contributed by atoms with Gasteiger partial charge in [-0.15, -0.1) is 0 Å². The molecule has 0 unspecified atom stereocenters. The molecule has 9 nitrogen and oxygen atoms in total. The molecule has 1 atom stereocenters. The number of carbonyl (C=O) groups excluding carboxylic acids is 2. The molecular formula is C21H22N4O5S. The molecule has 1 aliphatic rings. The maximum Gasteiger partial charge on any atom is 0.271 e. The number of methoxy groups -OCH3 is 1. The number of rotatable bonds is 8. The van der Waals surface area contributed by atoms with Crippen molar-refractivity contribution in [2.75, 3.05) is 19.0 Å². The first-order chi connectivity index (χ1) is 14.9. The standard InChI is InChI=1S/C21H22N4O5S/c1-3-11-24-20(27)18(31-21(24)23-16-9-4-5-10-17(16)30-2)13-19(26)22-14-7-6-8-15(12-14)25(28)29/h4-10,12,18H,3,11,13H2,1-2H3,(H,22,26)/t18-/m0/s1. The number of hydrogen-bond acceptors (Lipinski definition) is 7. The predicted octanol–water partition coefficient (Wildman–Crippen LogP) is 3.97. The monoisotopic (exact) mass is 442 g/mol. The van der Waals surface area contributed by atoms with Gasteiger partial charge in [-0.05, 0) is 24.6 Å². The molecule has 0 radical (unpaired) electrons. The van der Waals surface area contributed by atoms with E-state index < -0.39 is 16.1 Å². The van der Waals surface area contributed by atoms with Gasteiger partial charge in [0.1, 0.15) is 16.7 Å². The largest absolute Gasteiger partial charge is 0.494 e. The van der Waals surface area contributed by atoms with Crippen LogP contribution in [0.2, 0.25) is 0 Å². The maximum atomic E-state index is 12.9. The lowest BCUT2D eigenvalue weighted by Gasteiger charge is -2.15. The first-order valence-corrected chi connectivity index (χ1v) is 10.5. The molecule has 1 saturated heterocycles. The van der Waals surface area contributed by atoms with Gasteiger partial charge in [0.25, 0.3) is 5.69 Å². The number of amides is 2. The second-order valence-corrected chi connectivity index (χ2v) is 7.89. The highest BCUT2D eigenvalue weighted by molar-refractivity contribution is 8.15. The third-order valence-corrected chi connectivity index (χ3v) is 5.66. The Morgan fingerprint density at radius 1 is 1.29 bits per heavy atom. The quantitative estimate of drug-likeness (QED) is 0.489. The summed E-state index contributed by atoms with van der Waals surface area (Å²) in [7, 11) is 1.55. The van der Waals surface area contributed by atoms with E-state index in [1.54, 1.807) is 30.2 Å². The van der Waals surface area contributed by atoms with Gasteiger partial charge in [-0.3, -0.25) is 24.6 Å². The van der Waals surface area contributed by atoms with Crippen LogP contribution >= 0.6 is 11.8 Å². The van der Waals surface area contributed by atoms with Crippen molar-refractivity contribution in [2.24, 2.45) is 4.99 Å². The molecule has 0 aliphatic carbocycles. The first kappa shape index (κ1) is 22.3. The lowest BCUT2D eigenvalue weighted by atomic mass is 10.2. The molecule has 31 heavy (non-hydrogen) atoms. The van der Waals surface area contributed by atoms with Crippen molar-refractivity contribution >= 4 is 45.8 Å². The fraction of sp³-hybridized carbons (Fsp3) is 0.286. The van der Waals surface area contributed by atoms with Crippen molar-refractivity contribution in [1.82, 2.24) is 4.90 Å². The summed E-state index contributed by atoms with van der Waals surface area (Å²) in [4.78, 5) is 42.0. The van der Waals surface area contributed by atoms with Crippen LogP contribution < -0.4 is 10.1 Å². The van der Waals surface area contributed by atoms with Gasteiger partial charge < -0.3 is 10.1 Å². The van der Waals surface area contributed by atoms with Crippen LogP contribution in [0.15, 0.2) is 53.5 Å². The molecule has 2 aromatic carbocycles. The third-order valence-electron chi connectivity index (χ3n) is 4.48. The topological polar surface area (TPSA) is 114 Å². The van der Waals surface area contributed by atoms with Gasteiger partial charge in [0, 0.05) is 30.8 Å². The number of para-hydroxylation sites is 2. The number of amidine groups is 1. The fourth-order valence-corrected chi connectivity index (χ4v) is 4.23. The molecule has 0 bridgehead atoms. The van der Waals surface area contributed by atoms with Crippen molar-refractivity contribution in [3.63, 3.8) is 0 Å². The Bertz CT molecular complexity index is 1030. The molecule has 0 spiro atoms. The number of aliphatic imine (C=N–C) groups is 1. The number of nitro benzene ring substituents is 1. The molecule has 1 fully saturated rings. The number of nitrogens with zero attached hydrogens (tertiary/aromatic N) is 3. The Balaban J connectivity index is 1.75. The summed E-state index contributed by atoms with van der Waals surface area (Å²) in [6.45, 7) is 2.45. The van der Waals surface area contributed by atoms with Crippen LogP contribution in [0.3, 0.4) is 0 Å². The highest BCUT2D eigenvalue weighted by atomic mass is 32.2. The highest BCUT2D eigenvalue weighted by Gasteiger charge is 2.38. The summed E-state index contributed by atoms with van der Waals surface area (Å²) in [5.41, 5.74) is 0.788. The van der Waals surface area contributed by atoms with Crippen molar-refractivity contribution < 1.29 is 19.2 Å². The van der Waals surface area contributed by atoms with E-state index in [1.165, 1.54) is 30.0 Å². The van der Waals surface area contributed by atoms with E-state index in [-0.39, 0.29) is 18.0 Å². The molecule has 2 aromatic rings. The minimum atomic E-state index is -0.626. The summed E-state index contributed by atoms with van der Waals surface area (Å²) >= 11 is 1.23. The van der Waals surface area contributed by atoms with Crippen LogP contribution in [0.4, 0.5) is 17.1 Å². The molecule has 10 heteroatoms. The summed E-state index contributed by atoms with van der Waals surface area (Å²) in [6.07, 6.45) is 0.668. The lowest BCUT2D eigenvalue weighted by Crippen LogP contribution is -2.34. The van der Waals surface area contributed by atoms with Crippen LogP contribution in [-0.4, -0.2) is 45.7 Å². The lowest BCUT2D eigenvalue weighted by molar-refractivity contribution is -0.384. The number of non-ortho nitro benzene ring substituents is 1. The van der Waals surface area contributed by atoms with Crippen molar-refractivity contribution in [2.45, 2.75) is 25.0 Å². The van der Waals surface area contributed by atoms with E-state index in [2.05, 4.69) is 10.3 Å². The second kappa shape index (κ2) is 10.1. The number of nitro groups is 1. The fourth-order valence-electron chi connectivity index (χ4n) is 3.06. The molecule has 1 aliphatic heterocycles. The summed E-state index contributed by atoms with van der Waals surface area (Å²) in [5.74, 6) is 0.00221. The number of anilines is 1. The Labute approximate surface area is 183 Å². The van der Waals surface area contributed by atoms with E-state index in [0.717, 1.165) is 6.42 Å². The zero-order valence-corrected chi connectivity index (χ0v) is 17.9. The van der Waals surface area contributed by atoms with Crippen molar-refractivity contribution in [3.8, 4) is 5.75 Å². The zero-order chi connectivity index (χ0) is 22.4. The summed E-state index contributed by atoms with van der Waals surface area (Å²) in [6, 6.07) is 12.9. The number of thioether (sulfide) groups is 1. The van der Waals surface area contributed by atoms with Gasteiger partial charge in [-0.25, -0.2) is 4.99 Å². The summed E-state index contributed by atoms with van der Waals surface area (Å²) < 4.78 is 5.33. The third kappa shape index (κ3) is 5.40. The van der Waals surface area contributed by atoms with E-state index in [9.17, 15) is 19.7 Å². The Morgan fingerprint density at radius 3 is 2.77 bits per heavy atom. The second-order valence-electron chi connectivity index (χ2n) is 6.72. The SMILES string of the molecule is CCCN1C(=O)[C@H](CC(=O)Nc2cccc([N+](=O)[O-])c2)SC1=Nc1ccccc1OC. The number of hydrogen-bond donors (Lipinski definition) is 1. The van der Waals surface area contributed by atoms with E-state index in [0.29, 0.717) is 28.8 Å². The number of nitrogens with one attached hydrogen (secondary N) is 1. The first-order valence-electron chi connectivity index (χ1n) is 9.67. The molecule has 162 valence electrons. The average molecular weight is 442 g/mol. The van der Waals surface area contributed by atoms with Gasteiger partial charge in [0.15, 0.2) is 5.17 Å². The van der Waals surface area contributed by atoms with Gasteiger partial charge >= 0.3 is 0 Å². The number of benzene rings is 2. The Kier molecular flexibility index (Phi) is 7.24. The van der Waals surface area contributed by atoms with E-state index >= 15 is 0 Å². The maximum absolute atomic E-state index is 12.9. The van der Waals surface area contributed by atoms with Gasteiger partial charge in [-0.1, -0.05) is 36.9 Å². The van der Waals surface area contributed by atoms with Crippen molar-refractivity contribution in [3.05, 3.63) is 58.6 Å². The van der Waals surface area contributed by atoms with Gasteiger partial charge in [-0.2, -0.15) is 0 Å². The molecule has 1 N–H and O–H groups in total. The predicted molar refractivity (Wildman–Crippen MR) is 120 cm³/mol. The minimum absolute atomic E-state index is 0.0721. The molecular weight excluding hydrogens is 420 g/mol. The number of ether oxygens (including phenoxy) is 1. The molecule has 0 aromatic heterocycles. The Morgan fingerprint density at radius 2 is 2.06 bits per heavy atom. The van der Waals surface area contributed by atoms with Crippen LogP contribution in [0.1, 0.15) is 19.8 Å². The average Bonchev–Trinajstić information content (AvgIpc) is 3.03. The van der Waals surface area contributed by atoms with Crippen LogP contribution in [-0.2, 0) is 9.59 Å². The minimum Gasteiger partial charge on any atom is -0.494 e. The van der Waals surface area contributed by atoms with Crippen LogP contribution in [0.25, 0.3) is 0 Å². The molecule has 2 amide bonds. The smallest absolute Gasteiger partial charge is 0.271 e.